The van der Waals surface area contributed by atoms with E-state index in [1.54, 1.807) is 42.5 Å². The van der Waals surface area contributed by atoms with Crippen molar-refractivity contribution in [1.82, 2.24) is 0 Å². The molecule has 0 bridgehead atoms. The molecule has 1 aliphatic rings. The maximum absolute atomic E-state index is 11.9. The van der Waals surface area contributed by atoms with Crippen LogP contribution in [0.5, 0.6) is 17.2 Å². The fourth-order valence-corrected chi connectivity index (χ4v) is 2.45. The SMILES string of the molecule is COC(=O)C1(c2ccc(Oc3ccc(Cl)cc3)cc2OC)CO1. The molecule has 0 aromatic heterocycles. The fraction of sp³-hybridized carbons (Fsp3) is 0.235. The van der Waals surface area contributed by atoms with E-state index in [4.69, 9.17) is 30.5 Å². The molecule has 6 heteroatoms. The van der Waals surface area contributed by atoms with E-state index in [1.165, 1.54) is 14.2 Å². The summed E-state index contributed by atoms with van der Waals surface area (Å²) in [7, 11) is 2.86. The highest BCUT2D eigenvalue weighted by Gasteiger charge is 2.57. The van der Waals surface area contributed by atoms with Gasteiger partial charge >= 0.3 is 5.97 Å². The third-order valence-electron chi connectivity index (χ3n) is 3.61. The molecule has 2 aromatic carbocycles. The van der Waals surface area contributed by atoms with Gasteiger partial charge in [0.1, 0.15) is 17.2 Å². The van der Waals surface area contributed by atoms with Gasteiger partial charge in [-0.3, -0.25) is 0 Å². The molecule has 1 atom stereocenters. The summed E-state index contributed by atoms with van der Waals surface area (Å²) in [6, 6.07) is 12.2. The summed E-state index contributed by atoms with van der Waals surface area (Å²) < 4.78 is 21.3. The Balaban J connectivity index is 1.88. The van der Waals surface area contributed by atoms with E-state index >= 15 is 0 Å². The minimum absolute atomic E-state index is 0.271. The molecule has 5 nitrogen and oxygen atoms in total. The van der Waals surface area contributed by atoms with E-state index in [-0.39, 0.29) is 6.61 Å². The number of rotatable bonds is 5. The number of methoxy groups -OCH3 is 2. The Labute approximate surface area is 138 Å². The van der Waals surface area contributed by atoms with Gasteiger partial charge in [-0.2, -0.15) is 0 Å². The summed E-state index contributed by atoms with van der Waals surface area (Å²) >= 11 is 5.85. The van der Waals surface area contributed by atoms with Gasteiger partial charge in [-0.05, 0) is 36.4 Å². The average molecular weight is 335 g/mol. The zero-order chi connectivity index (χ0) is 16.4. The van der Waals surface area contributed by atoms with Crippen LogP contribution in [-0.4, -0.2) is 26.8 Å². The van der Waals surface area contributed by atoms with E-state index in [0.29, 0.717) is 27.8 Å². The minimum atomic E-state index is -1.07. The number of hydrogen-bond donors (Lipinski definition) is 0. The van der Waals surface area contributed by atoms with Gasteiger partial charge in [0, 0.05) is 16.7 Å². The molecule has 0 spiro atoms. The number of benzene rings is 2. The van der Waals surface area contributed by atoms with Crippen molar-refractivity contribution in [2.75, 3.05) is 20.8 Å². The fourth-order valence-electron chi connectivity index (χ4n) is 2.33. The maximum Gasteiger partial charge on any atom is 0.345 e. The Morgan fingerprint density at radius 3 is 2.35 bits per heavy atom. The van der Waals surface area contributed by atoms with Gasteiger partial charge in [0.15, 0.2) is 0 Å². The molecule has 0 N–H and O–H groups in total. The van der Waals surface area contributed by atoms with Crippen molar-refractivity contribution in [3.63, 3.8) is 0 Å². The van der Waals surface area contributed by atoms with Crippen LogP contribution in [0.2, 0.25) is 5.02 Å². The van der Waals surface area contributed by atoms with Crippen molar-refractivity contribution >= 4 is 17.6 Å². The Hall–Kier alpha value is -2.24. The molecule has 120 valence electrons. The predicted octanol–water partition coefficient (Wildman–Crippen LogP) is 3.54. The molecule has 1 saturated heterocycles. The summed E-state index contributed by atoms with van der Waals surface area (Å²) in [4.78, 5) is 11.9. The van der Waals surface area contributed by atoms with Crippen LogP contribution in [0, 0.1) is 0 Å². The van der Waals surface area contributed by atoms with Crippen LogP contribution < -0.4 is 9.47 Å². The minimum Gasteiger partial charge on any atom is -0.496 e. The maximum atomic E-state index is 11.9. The Morgan fingerprint density at radius 1 is 1.13 bits per heavy atom. The second-order valence-electron chi connectivity index (χ2n) is 5.03. The normalized spacial score (nSPS) is 19.1. The molecule has 1 unspecified atom stereocenters. The van der Waals surface area contributed by atoms with Gasteiger partial charge in [0.25, 0.3) is 0 Å². The van der Waals surface area contributed by atoms with Crippen molar-refractivity contribution in [3.05, 3.63) is 53.1 Å². The van der Waals surface area contributed by atoms with Crippen LogP contribution in [0.4, 0.5) is 0 Å². The molecule has 23 heavy (non-hydrogen) atoms. The lowest BCUT2D eigenvalue weighted by atomic mass is 9.99. The first-order valence-electron chi connectivity index (χ1n) is 6.93. The van der Waals surface area contributed by atoms with Crippen molar-refractivity contribution in [3.8, 4) is 17.2 Å². The first-order chi connectivity index (χ1) is 11.1. The molecule has 2 aromatic rings. The quantitative estimate of drug-likeness (QED) is 0.618. The summed E-state index contributed by atoms with van der Waals surface area (Å²) in [5.74, 6) is 1.28. The first kappa shape index (κ1) is 15.6. The van der Waals surface area contributed by atoms with E-state index < -0.39 is 11.6 Å². The van der Waals surface area contributed by atoms with E-state index in [9.17, 15) is 4.79 Å². The monoisotopic (exact) mass is 334 g/mol. The third-order valence-corrected chi connectivity index (χ3v) is 3.86. The highest BCUT2D eigenvalue weighted by molar-refractivity contribution is 6.30. The lowest BCUT2D eigenvalue weighted by Gasteiger charge is -2.15. The van der Waals surface area contributed by atoms with Gasteiger partial charge in [0.05, 0.1) is 20.8 Å². The number of hydrogen-bond acceptors (Lipinski definition) is 5. The topological polar surface area (TPSA) is 57.3 Å². The highest BCUT2D eigenvalue weighted by Crippen LogP contribution is 2.45. The number of carbonyl (C=O) groups excluding carboxylic acids is 1. The van der Waals surface area contributed by atoms with Crippen LogP contribution in [0.25, 0.3) is 0 Å². The van der Waals surface area contributed by atoms with Gasteiger partial charge in [-0.1, -0.05) is 11.6 Å². The molecular formula is C17H15ClO5. The van der Waals surface area contributed by atoms with E-state index in [0.717, 1.165) is 0 Å². The first-order valence-corrected chi connectivity index (χ1v) is 7.31. The van der Waals surface area contributed by atoms with Gasteiger partial charge in [-0.15, -0.1) is 0 Å². The molecule has 1 heterocycles. The van der Waals surface area contributed by atoms with Crippen molar-refractivity contribution in [1.29, 1.82) is 0 Å². The number of epoxide rings is 1. The molecule has 0 saturated carbocycles. The largest absolute Gasteiger partial charge is 0.496 e. The zero-order valence-corrected chi connectivity index (χ0v) is 13.4. The lowest BCUT2D eigenvalue weighted by Crippen LogP contribution is -2.24. The second-order valence-corrected chi connectivity index (χ2v) is 5.46. The van der Waals surface area contributed by atoms with E-state index in [2.05, 4.69) is 0 Å². The standard InChI is InChI=1S/C17H15ClO5/c1-20-15-9-13(23-12-5-3-11(18)4-6-12)7-8-14(15)17(10-22-17)16(19)21-2/h3-9H,10H2,1-2H3. The van der Waals surface area contributed by atoms with Crippen molar-refractivity contribution < 1.29 is 23.7 Å². The van der Waals surface area contributed by atoms with Crippen LogP contribution in [-0.2, 0) is 19.9 Å². The molecule has 1 aliphatic heterocycles. The highest BCUT2D eigenvalue weighted by atomic mass is 35.5. The summed E-state index contributed by atoms with van der Waals surface area (Å²) in [6.07, 6.45) is 0. The molecule has 0 aliphatic carbocycles. The van der Waals surface area contributed by atoms with Crippen molar-refractivity contribution in [2.45, 2.75) is 5.60 Å². The second kappa shape index (κ2) is 6.10. The summed E-state index contributed by atoms with van der Waals surface area (Å²) in [5, 5.41) is 0.635. The molecule has 0 amide bonds. The third kappa shape index (κ3) is 2.98. The average Bonchev–Trinajstić information content (AvgIpc) is 3.38. The van der Waals surface area contributed by atoms with Crippen LogP contribution in [0.3, 0.4) is 0 Å². The number of halogens is 1. The summed E-state index contributed by atoms with van der Waals surface area (Å²) in [5.41, 5.74) is -0.450. The number of carbonyl (C=O) groups is 1. The van der Waals surface area contributed by atoms with Crippen LogP contribution in [0.1, 0.15) is 5.56 Å². The molecular weight excluding hydrogens is 320 g/mol. The van der Waals surface area contributed by atoms with Gasteiger partial charge in [-0.25, -0.2) is 4.79 Å². The van der Waals surface area contributed by atoms with E-state index in [1.807, 2.05) is 0 Å². The number of ether oxygens (including phenoxy) is 4. The molecule has 3 rings (SSSR count). The summed E-state index contributed by atoms with van der Waals surface area (Å²) in [6.45, 7) is 0.271. The van der Waals surface area contributed by atoms with Crippen LogP contribution >= 0.6 is 11.6 Å². The predicted molar refractivity (Wildman–Crippen MR) is 84.2 cm³/mol. The lowest BCUT2D eigenvalue weighted by molar-refractivity contribution is -0.147. The molecule has 1 fully saturated rings. The number of esters is 1. The van der Waals surface area contributed by atoms with Crippen molar-refractivity contribution in [2.24, 2.45) is 0 Å². The smallest absolute Gasteiger partial charge is 0.345 e. The van der Waals surface area contributed by atoms with Gasteiger partial charge < -0.3 is 18.9 Å². The Morgan fingerprint density at radius 2 is 1.78 bits per heavy atom. The Kier molecular flexibility index (Phi) is 4.15. The van der Waals surface area contributed by atoms with Gasteiger partial charge in [0.2, 0.25) is 5.60 Å². The van der Waals surface area contributed by atoms with Crippen LogP contribution in [0.15, 0.2) is 42.5 Å². The Bertz CT molecular complexity index is 722. The zero-order valence-electron chi connectivity index (χ0n) is 12.7. The molecule has 0 radical (unpaired) electrons.